The fraction of sp³-hybridized carbons (Fsp3) is 0.708. The molecule has 6 heteroatoms. The largest absolute Gasteiger partial charge is 0.352 e. The van der Waals surface area contributed by atoms with Gasteiger partial charge in [0.1, 0.15) is 16.5 Å². The second-order valence-corrected chi connectivity index (χ2v) is 10.5. The molecule has 0 spiro atoms. The minimum atomic E-state index is 0.313. The van der Waals surface area contributed by atoms with E-state index >= 15 is 0 Å². The third-order valence-corrected chi connectivity index (χ3v) is 7.74. The first kappa shape index (κ1) is 21.5. The van der Waals surface area contributed by atoms with Crippen LogP contribution in [0.15, 0.2) is 0 Å². The van der Waals surface area contributed by atoms with E-state index in [9.17, 15) is 4.79 Å². The van der Waals surface area contributed by atoms with E-state index < -0.39 is 0 Å². The standard InChI is InChI=1S/C24H36N4OS/c1-5-6-7-8-20(29)27-11-13-28(14-12-27)23-21-18-10-9-17(4)15-19(18)30-24(21)26-22(25-23)16(2)3/h16-17H,5-15H2,1-4H3/t17-/m1/s1. The van der Waals surface area contributed by atoms with Crippen molar-refractivity contribution >= 4 is 33.3 Å². The average molecular weight is 429 g/mol. The van der Waals surface area contributed by atoms with Crippen molar-refractivity contribution in [2.45, 2.75) is 78.6 Å². The molecule has 2 aliphatic rings. The third-order valence-electron chi connectivity index (χ3n) is 6.60. The average Bonchev–Trinajstić information content (AvgIpc) is 3.10. The monoisotopic (exact) mass is 428 g/mol. The highest BCUT2D eigenvalue weighted by molar-refractivity contribution is 7.19. The fourth-order valence-electron chi connectivity index (χ4n) is 4.68. The minimum absolute atomic E-state index is 0.313. The number of nitrogens with zero attached hydrogens (tertiary/aromatic N) is 4. The number of thiophene rings is 1. The second-order valence-electron chi connectivity index (χ2n) is 9.42. The molecule has 0 N–H and O–H groups in total. The number of hydrogen-bond donors (Lipinski definition) is 0. The number of hydrogen-bond acceptors (Lipinski definition) is 5. The van der Waals surface area contributed by atoms with Gasteiger partial charge in [0.05, 0.1) is 5.39 Å². The Kier molecular flexibility index (Phi) is 6.61. The molecule has 30 heavy (non-hydrogen) atoms. The van der Waals surface area contributed by atoms with Gasteiger partial charge in [-0.3, -0.25) is 4.79 Å². The summed E-state index contributed by atoms with van der Waals surface area (Å²) in [4.78, 5) is 29.7. The van der Waals surface area contributed by atoms with Gasteiger partial charge in [-0.05, 0) is 37.2 Å². The maximum Gasteiger partial charge on any atom is 0.222 e. The lowest BCUT2D eigenvalue weighted by Gasteiger charge is -2.36. The van der Waals surface area contributed by atoms with Crippen LogP contribution in [0.1, 0.15) is 82.0 Å². The SMILES string of the molecule is CCCCCC(=O)N1CCN(c2nc(C(C)C)nc3sc4c(c23)CC[C@@H](C)C4)CC1. The molecule has 2 aromatic heterocycles. The lowest BCUT2D eigenvalue weighted by atomic mass is 9.89. The van der Waals surface area contributed by atoms with Crippen molar-refractivity contribution in [2.24, 2.45) is 5.92 Å². The summed E-state index contributed by atoms with van der Waals surface area (Å²) in [6.45, 7) is 12.2. The molecule has 0 aromatic carbocycles. The lowest BCUT2D eigenvalue weighted by Crippen LogP contribution is -2.49. The van der Waals surface area contributed by atoms with Crippen molar-refractivity contribution in [2.75, 3.05) is 31.1 Å². The maximum absolute atomic E-state index is 12.5. The first-order valence-corrected chi connectivity index (χ1v) is 12.6. The van der Waals surface area contributed by atoms with Crippen LogP contribution in [0, 0.1) is 5.92 Å². The number of unbranched alkanes of at least 4 members (excludes halogenated alkanes) is 2. The van der Waals surface area contributed by atoms with Crippen LogP contribution in [0.4, 0.5) is 5.82 Å². The van der Waals surface area contributed by atoms with Crippen molar-refractivity contribution in [1.29, 1.82) is 0 Å². The van der Waals surface area contributed by atoms with Crippen LogP contribution in [0.25, 0.3) is 10.2 Å². The smallest absolute Gasteiger partial charge is 0.222 e. The summed E-state index contributed by atoms with van der Waals surface area (Å²) in [5, 5.41) is 1.30. The van der Waals surface area contributed by atoms with Gasteiger partial charge in [0.2, 0.25) is 5.91 Å². The number of carbonyl (C=O) groups excluding carboxylic acids is 1. The van der Waals surface area contributed by atoms with Crippen LogP contribution >= 0.6 is 11.3 Å². The summed E-state index contributed by atoms with van der Waals surface area (Å²) >= 11 is 1.89. The van der Waals surface area contributed by atoms with Crippen molar-refractivity contribution in [3.8, 4) is 0 Å². The van der Waals surface area contributed by atoms with Crippen molar-refractivity contribution in [1.82, 2.24) is 14.9 Å². The number of aryl methyl sites for hydroxylation is 1. The van der Waals surface area contributed by atoms with E-state index in [4.69, 9.17) is 9.97 Å². The van der Waals surface area contributed by atoms with E-state index in [1.807, 2.05) is 11.3 Å². The van der Waals surface area contributed by atoms with Crippen LogP contribution in [-0.4, -0.2) is 47.0 Å². The van der Waals surface area contributed by atoms with E-state index in [2.05, 4.69) is 37.5 Å². The van der Waals surface area contributed by atoms with Gasteiger partial charge in [-0.25, -0.2) is 9.97 Å². The maximum atomic E-state index is 12.5. The minimum Gasteiger partial charge on any atom is -0.352 e. The summed E-state index contributed by atoms with van der Waals surface area (Å²) in [5.41, 5.74) is 1.50. The van der Waals surface area contributed by atoms with E-state index in [0.717, 1.165) is 69.4 Å². The van der Waals surface area contributed by atoms with E-state index in [1.54, 1.807) is 0 Å². The molecule has 0 bridgehead atoms. The van der Waals surface area contributed by atoms with Gasteiger partial charge in [0, 0.05) is 43.4 Å². The van der Waals surface area contributed by atoms with Crippen LogP contribution in [0.3, 0.4) is 0 Å². The molecule has 1 amide bonds. The Hall–Kier alpha value is -1.69. The van der Waals surface area contributed by atoms with Crippen molar-refractivity contribution < 1.29 is 4.79 Å². The number of fused-ring (bicyclic) bond motifs is 3. The van der Waals surface area contributed by atoms with Crippen molar-refractivity contribution in [3.63, 3.8) is 0 Å². The third kappa shape index (κ3) is 4.34. The molecular formula is C24H36N4OS. The molecule has 1 atom stereocenters. The predicted octanol–water partition coefficient (Wildman–Crippen LogP) is 5.17. The first-order valence-electron chi connectivity index (χ1n) is 11.8. The summed E-state index contributed by atoms with van der Waals surface area (Å²) in [5.74, 6) is 3.46. The number of rotatable bonds is 6. The highest BCUT2D eigenvalue weighted by atomic mass is 32.1. The first-order chi connectivity index (χ1) is 14.5. The molecule has 2 aromatic rings. The van der Waals surface area contributed by atoms with E-state index in [1.165, 1.54) is 33.5 Å². The van der Waals surface area contributed by atoms with Gasteiger partial charge >= 0.3 is 0 Å². The summed E-state index contributed by atoms with van der Waals surface area (Å²) in [7, 11) is 0. The second kappa shape index (κ2) is 9.21. The summed E-state index contributed by atoms with van der Waals surface area (Å²) in [6.07, 6.45) is 7.58. The summed E-state index contributed by atoms with van der Waals surface area (Å²) in [6, 6.07) is 0. The number of amides is 1. The van der Waals surface area contributed by atoms with Gasteiger partial charge in [-0.1, -0.05) is 40.5 Å². The Morgan fingerprint density at radius 1 is 1.17 bits per heavy atom. The molecule has 164 valence electrons. The van der Waals surface area contributed by atoms with Gasteiger partial charge in [-0.2, -0.15) is 0 Å². The Morgan fingerprint density at radius 2 is 1.93 bits per heavy atom. The highest BCUT2D eigenvalue weighted by Crippen LogP contribution is 2.41. The number of anilines is 1. The molecule has 0 unspecified atom stereocenters. The fourth-order valence-corrected chi connectivity index (χ4v) is 6.06. The summed E-state index contributed by atoms with van der Waals surface area (Å²) < 4.78 is 0. The van der Waals surface area contributed by atoms with Crippen LogP contribution in [0.5, 0.6) is 0 Å². The van der Waals surface area contributed by atoms with Crippen molar-refractivity contribution in [3.05, 3.63) is 16.3 Å². The quantitative estimate of drug-likeness (QED) is 0.596. The lowest BCUT2D eigenvalue weighted by molar-refractivity contribution is -0.131. The highest BCUT2D eigenvalue weighted by Gasteiger charge is 2.28. The van der Waals surface area contributed by atoms with Gasteiger partial charge < -0.3 is 9.80 Å². The number of carbonyl (C=O) groups is 1. The van der Waals surface area contributed by atoms with E-state index in [-0.39, 0.29) is 0 Å². The molecule has 4 rings (SSSR count). The molecule has 0 saturated carbocycles. The normalized spacial score (nSPS) is 19.6. The molecule has 1 fully saturated rings. The zero-order valence-electron chi connectivity index (χ0n) is 19.0. The molecule has 1 aliphatic heterocycles. The predicted molar refractivity (Wildman–Crippen MR) is 126 cm³/mol. The number of aromatic nitrogens is 2. The van der Waals surface area contributed by atoms with Gasteiger partial charge in [0.25, 0.3) is 0 Å². The van der Waals surface area contributed by atoms with Crippen LogP contribution in [-0.2, 0) is 17.6 Å². The van der Waals surface area contributed by atoms with E-state index in [0.29, 0.717) is 18.2 Å². The van der Waals surface area contributed by atoms with Crippen LogP contribution in [0.2, 0.25) is 0 Å². The Morgan fingerprint density at radius 3 is 2.63 bits per heavy atom. The zero-order chi connectivity index (χ0) is 21.3. The molecule has 5 nitrogen and oxygen atoms in total. The van der Waals surface area contributed by atoms with Gasteiger partial charge in [0.15, 0.2) is 0 Å². The molecule has 0 radical (unpaired) electrons. The molecular weight excluding hydrogens is 392 g/mol. The topological polar surface area (TPSA) is 49.3 Å². The Balaban J connectivity index is 1.58. The van der Waals surface area contributed by atoms with Gasteiger partial charge in [-0.15, -0.1) is 11.3 Å². The number of piperazine rings is 1. The molecule has 1 aliphatic carbocycles. The van der Waals surface area contributed by atoms with Crippen LogP contribution < -0.4 is 4.90 Å². The molecule has 1 saturated heterocycles. The zero-order valence-corrected chi connectivity index (χ0v) is 19.9. The Labute approximate surface area is 184 Å². The Bertz CT molecular complexity index is 898. The molecule has 3 heterocycles.